The summed E-state index contributed by atoms with van der Waals surface area (Å²) < 4.78 is 11.2. The first-order chi connectivity index (χ1) is 12.5. The zero-order valence-corrected chi connectivity index (χ0v) is 16.6. The lowest BCUT2D eigenvalue weighted by Gasteiger charge is -2.14. The minimum atomic E-state index is -0.0323. The Morgan fingerprint density at radius 1 is 1.08 bits per heavy atom. The van der Waals surface area contributed by atoms with Crippen LogP contribution in [0.25, 0.3) is 0 Å². The van der Waals surface area contributed by atoms with E-state index in [0.717, 1.165) is 30.0 Å². The zero-order valence-electron chi connectivity index (χ0n) is 16.6. The van der Waals surface area contributed by atoms with Gasteiger partial charge in [-0.25, -0.2) is 4.99 Å². The molecule has 0 aromatic heterocycles. The van der Waals surface area contributed by atoms with E-state index >= 15 is 0 Å². The summed E-state index contributed by atoms with van der Waals surface area (Å²) in [6.07, 6.45) is 0.804. The van der Waals surface area contributed by atoms with Gasteiger partial charge in [0.25, 0.3) is 0 Å². The Morgan fingerprint density at radius 3 is 2.38 bits per heavy atom. The van der Waals surface area contributed by atoms with E-state index in [1.165, 1.54) is 4.90 Å². The maximum Gasteiger partial charge on any atom is 0.243 e. The smallest absolute Gasteiger partial charge is 0.243 e. The molecule has 0 bridgehead atoms. The second-order valence-corrected chi connectivity index (χ2v) is 5.81. The molecule has 146 valence electrons. The van der Waals surface area contributed by atoms with Gasteiger partial charge in [-0.1, -0.05) is 6.07 Å². The summed E-state index contributed by atoms with van der Waals surface area (Å²) in [5.74, 6) is 2.14. The summed E-state index contributed by atoms with van der Waals surface area (Å²) in [5, 5.41) is 6.39. The molecule has 0 aliphatic heterocycles. The van der Waals surface area contributed by atoms with Crippen LogP contribution in [-0.4, -0.2) is 63.7 Å². The standard InChI is InChI=1S/C19H32N4O3/c1-6-20-19(22-14-18(24)23(4)5)21-12-11-15-9-10-16(25-7-2)17(13-15)26-8-3/h9-10,13H,6-8,11-12,14H2,1-5H3,(H2,20,21,22). The van der Waals surface area contributed by atoms with E-state index in [-0.39, 0.29) is 12.5 Å². The second kappa shape index (κ2) is 12.0. The van der Waals surface area contributed by atoms with Crippen molar-refractivity contribution in [2.45, 2.75) is 27.2 Å². The minimum Gasteiger partial charge on any atom is -0.490 e. The molecule has 0 aliphatic carbocycles. The first-order valence-corrected chi connectivity index (χ1v) is 9.12. The number of amides is 1. The first kappa shape index (κ1) is 21.6. The summed E-state index contributed by atoms with van der Waals surface area (Å²) in [6, 6.07) is 5.99. The molecule has 1 amide bonds. The van der Waals surface area contributed by atoms with E-state index < -0.39 is 0 Å². The molecular weight excluding hydrogens is 332 g/mol. The van der Waals surface area contributed by atoms with Gasteiger partial charge in [0.2, 0.25) is 5.91 Å². The van der Waals surface area contributed by atoms with Crippen LogP contribution in [0, 0.1) is 0 Å². The lowest BCUT2D eigenvalue weighted by Crippen LogP contribution is -2.39. The highest BCUT2D eigenvalue weighted by Crippen LogP contribution is 2.28. The lowest BCUT2D eigenvalue weighted by atomic mass is 10.1. The molecule has 0 unspecified atom stereocenters. The SMILES string of the molecule is CCNC(=NCC(=O)N(C)C)NCCc1ccc(OCC)c(OCC)c1. The van der Waals surface area contributed by atoms with Crippen LogP contribution >= 0.6 is 0 Å². The van der Waals surface area contributed by atoms with E-state index in [9.17, 15) is 4.79 Å². The van der Waals surface area contributed by atoms with Crippen molar-refractivity contribution in [1.29, 1.82) is 0 Å². The molecule has 0 saturated heterocycles. The molecule has 0 fully saturated rings. The molecule has 1 aromatic rings. The molecule has 0 atom stereocenters. The van der Waals surface area contributed by atoms with Crippen molar-refractivity contribution >= 4 is 11.9 Å². The highest BCUT2D eigenvalue weighted by Gasteiger charge is 2.07. The van der Waals surface area contributed by atoms with Gasteiger partial charge in [-0.15, -0.1) is 0 Å². The van der Waals surface area contributed by atoms with Crippen LogP contribution in [0.15, 0.2) is 23.2 Å². The van der Waals surface area contributed by atoms with Gasteiger partial charge >= 0.3 is 0 Å². The number of nitrogens with one attached hydrogen (secondary N) is 2. The summed E-state index contributed by atoms with van der Waals surface area (Å²) in [7, 11) is 3.44. The molecule has 1 rings (SSSR count). The molecule has 0 spiro atoms. The van der Waals surface area contributed by atoms with Crippen LogP contribution in [0.3, 0.4) is 0 Å². The number of carbonyl (C=O) groups is 1. The van der Waals surface area contributed by atoms with Gasteiger partial charge in [0.05, 0.1) is 13.2 Å². The molecule has 26 heavy (non-hydrogen) atoms. The number of guanidine groups is 1. The van der Waals surface area contributed by atoms with E-state index in [1.807, 2.05) is 39.0 Å². The average molecular weight is 364 g/mol. The fraction of sp³-hybridized carbons (Fsp3) is 0.579. The van der Waals surface area contributed by atoms with E-state index in [0.29, 0.717) is 25.7 Å². The number of benzene rings is 1. The highest BCUT2D eigenvalue weighted by molar-refractivity contribution is 5.84. The van der Waals surface area contributed by atoms with Crippen LogP contribution in [0.4, 0.5) is 0 Å². The summed E-state index contributed by atoms with van der Waals surface area (Å²) in [6.45, 7) is 8.66. The second-order valence-electron chi connectivity index (χ2n) is 5.81. The molecule has 0 aliphatic rings. The summed E-state index contributed by atoms with van der Waals surface area (Å²) in [4.78, 5) is 17.5. The Kier molecular flexibility index (Phi) is 9.97. The number of aliphatic imine (C=N–C) groups is 1. The Hall–Kier alpha value is -2.44. The van der Waals surface area contributed by atoms with Crippen LogP contribution in [-0.2, 0) is 11.2 Å². The molecule has 0 saturated carbocycles. The minimum absolute atomic E-state index is 0.0323. The fourth-order valence-electron chi connectivity index (χ4n) is 2.21. The van der Waals surface area contributed by atoms with Crippen molar-refractivity contribution in [3.63, 3.8) is 0 Å². The number of ether oxygens (including phenoxy) is 2. The fourth-order valence-corrected chi connectivity index (χ4v) is 2.21. The largest absolute Gasteiger partial charge is 0.490 e. The Morgan fingerprint density at radius 2 is 1.77 bits per heavy atom. The van der Waals surface area contributed by atoms with Gasteiger partial charge in [0.1, 0.15) is 6.54 Å². The maximum absolute atomic E-state index is 11.7. The quantitative estimate of drug-likeness (QED) is 0.488. The van der Waals surface area contributed by atoms with Crippen molar-refractivity contribution < 1.29 is 14.3 Å². The van der Waals surface area contributed by atoms with Crippen molar-refractivity contribution in [3.05, 3.63) is 23.8 Å². The first-order valence-electron chi connectivity index (χ1n) is 9.12. The van der Waals surface area contributed by atoms with Crippen LogP contribution in [0.1, 0.15) is 26.3 Å². The predicted molar refractivity (Wildman–Crippen MR) is 105 cm³/mol. The molecule has 1 aromatic carbocycles. The van der Waals surface area contributed by atoms with Crippen LogP contribution in [0.2, 0.25) is 0 Å². The third kappa shape index (κ3) is 7.63. The van der Waals surface area contributed by atoms with Gasteiger partial charge in [-0.05, 0) is 44.9 Å². The van der Waals surface area contributed by atoms with E-state index in [4.69, 9.17) is 9.47 Å². The van der Waals surface area contributed by atoms with Gasteiger partial charge in [0.15, 0.2) is 17.5 Å². The number of nitrogens with zero attached hydrogens (tertiary/aromatic N) is 2. The molecule has 7 nitrogen and oxygen atoms in total. The monoisotopic (exact) mass is 364 g/mol. The molecule has 0 radical (unpaired) electrons. The van der Waals surface area contributed by atoms with E-state index in [2.05, 4.69) is 15.6 Å². The molecule has 7 heteroatoms. The van der Waals surface area contributed by atoms with Crippen LogP contribution < -0.4 is 20.1 Å². The number of carbonyl (C=O) groups excluding carboxylic acids is 1. The lowest BCUT2D eigenvalue weighted by molar-refractivity contribution is -0.127. The van der Waals surface area contributed by atoms with Crippen molar-refractivity contribution in [2.24, 2.45) is 4.99 Å². The Balaban J connectivity index is 2.64. The number of hydrogen-bond acceptors (Lipinski definition) is 4. The number of hydrogen-bond donors (Lipinski definition) is 2. The maximum atomic E-state index is 11.7. The van der Waals surface area contributed by atoms with Crippen molar-refractivity contribution in [3.8, 4) is 11.5 Å². The number of likely N-dealkylation sites (N-methyl/N-ethyl adjacent to an activating group) is 1. The van der Waals surface area contributed by atoms with Gasteiger partial charge in [0, 0.05) is 27.2 Å². The van der Waals surface area contributed by atoms with Crippen molar-refractivity contribution in [2.75, 3.05) is 46.9 Å². The van der Waals surface area contributed by atoms with Crippen molar-refractivity contribution in [1.82, 2.24) is 15.5 Å². The van der Waals surface area contributed by atoms with Crippen LogP contribution in [0.5, 0.6) is 11.5 Å². The third-order valence-electron chi connectivity index (χ3n) is 3.53. The normalized spacial score (nSPS) is 11.0. The van der Waals surface area contributed by atoms with Gasteiger partial charge in [-0.2, -0.15) is 0 Å². The molecular formula is C19H32N4O3. The Labute approximate surface area is 156 Å². The topological polar surface area (TPSA) is 75.2 Å². The van der Waals surface area contributed by atoms with E-state index in [1.54, 1.807) is 14.1 Å². The third-order valence-corrected chi connectivity index (χ3v) is 3.53. The van der Waals surface area contributed by atoms with Gasteiger partial charge < -0.3 is 25.0 Å². The highest BCUT2D eigenvalue weighted by atomic mass is 16.5. The Bertz CT molecular complexity index is 588. The molecule has 2 N–H and O–H groups in total. The average Bonchev–Trinajstić information content (AvgIpc) is 2.61. The summed E-state index contributed by atoms with van der Waals surface area (Å²) in [5.41, 5.74) is 1.14. The number of rotatable bonds is 10. The zero-order chi connectivity index (χ0) is 19.4. The van der Waals surface area contributed by atoms with Gasteiger partial charge in [-0.3, -0.25) is 4.79 Å². The molecule has 0 heterocycles. The summed E-state index contributed by atoms with van der Waals surface area (Å²) >= 11 is 0. The predicted octanol–water partition coefficient (Wildman–Crippen LogP) is 1.67.